The van der Waals surface area contributed by atoms with Crippen LogP contribution >= 0.6 is 0 Å². The zero-order valence-electron chi connectivity index (χ0n) is 55.3. The van der Waals surface area contributed by atoms with Crippen molar-refractivity contribution in [2.24, 2.45) is 0 Å². The Labute approximate surface area is 589 Å². The Bertz CT molecular complexity index is 6210. The Morgan fingerprint density at radius 1 is 0.167 bits per heavy atom. The van der Waals surface area contributed by atoms with Crippen molar-refractivity contribution in [3.05, 3.63) is 352 Å². The molecule has 0 saturated heterocycles. The molecule has 8 heteroatoms. The fraction of sp³-hybridized carbons (Fsp3) is 0. The number of anilines is 12. The molecule has 2 aromatic heterocycles. The van der Waals surface area contributed by atoms with Gasteiger partial charge in [-0.25, -0.2) is 0 Å². The van der Waals surface area contributed by atoms with Crippen LogP contribution in [0.2, 0.25) is 0 Å². The third-order valence-corrected chi connectivity index (χ3v) is 22.7. The minimum absolute atomic E-state index is 0.187. The largest absolute Gasteiger partial charge is 0.311 e. The minimum atomic E-state index is -0.187. The standard InChI is InChI=1S/C94H58B2N6/c1-5-29-63(30-6-1)97-81-43-23-21-41-77(81)95-79-57-80-84(58-83(79)99(65-33-9-3-10-34-65)87-55-67(53-85(97)89(87)95)101-91-69-37-17-13-25-59(69)45-49-73(91)74-50-46-60-26-14-18-38-70(60)92(74)101)100(66-35-11-4-12-36-66)88-56-68(54-86-90(88)96(80)78-42-22-24-44-82(78)98(86)64-31-7-2-8-32-64)102-93-71-39-19-15-27-61(71)47-51-75(93)76-52-48-62-28-16-20-40-72(62)94(76)102/h1-58H. The molecule has 0 aliphatic carbocycles. The van der Waals surface area contributed by atoms with Gasteiger partial charge in [-0.15, -0.1) is 0 Å². The molecule has 0 spiro atoms. The van der Waals surface area contributed by atoms with Gasteiger partial charge < -0.3 is 28.7 Å². The van der Waals surface area contributed by atoms with Crippen LogP contribution in [0.4, 0.5) is 68.2 Å². The molecule has 0 saturated carbocycles. The lowest BCUT2D eigenvalue weighted by atomic mass is 9.30. The zero-order chi connectivity index (χ0) is 66.4. The molecular weight excluding hydrogens is 1230 g/mol. The molecule has 17 aromatic carbocycles. The van der Waals surface area contributed by atoms with Gasteiger partial charge in [-0.05, 0) is 145 Å². The van der Waals surface area contributed by atoms with Gasteiger partial charge in [0.2, 0.25) is 0 Å². The van der Waals surface area contributed by atoms with Crippen molar-refractivity contribution in [3.63, 3.8) is 0 Å². The van der Waals surface area contributed by atoms with E-state index in [1.54, 1.807) is 0 Å². The number of hydrogen-bond acceptors (Lipinski definition) is 4. The first kappa shape index (κ1) is 55.7. The highest BCUT2D eigenvalue weighted by Gasteiger charge is 2.49. The van der Waals surface area contributed by atoms with Crippen molar-refractivity contribution in [3.8, 4) is 11.4 Å². The highest BCUT2D eigenvalue weighted by molar-refractivity contribution is 7.03. The lowest BCUT2D eigenvalue weighted by Crippen LogP contribution is -2.65. The molecule has 0 amide bonds. The van der Waals surface area contributed by atoms with Gasteiger partial charge in [0.05, 0.1) is 33.4 Å². The second-order valence-corrected chi connectivity index (χ2v) is 27.8. The summed E-state index contributed by atoms with van der Waals surface area (Å²) in [5.41, 5.74) is 28.1. The van der Waals surface area contributed by atoms with Gasteiger partial charge in [0.25, 0.3) is 13.4 Å². The van der Waals surface area contributed by atoms with Crippen LogP contribution in [-0.4, -0.2) is 22.6 Å². The van der Waals surface area contributed by atoms with E-state index < -0.39 is 0 Å². The van der Waals surface area contributed by atoms with Crippen LogP contribution in [-0.2, 0) is 0 Å². The fourth-order valence-electron chi connectivity index (χ4n) is 18.6. The molecule has 0 radical (unpaired) electrons. The Balaban J connectivity index is 0.865. The van der Waals surface area contributed by atoms with Gasteiger partial charge in [-0.1, -0.05) is 261 Å². The molecule has 0 fully saturated rings. The SMILES string of the molecule is c1ccc(N2c3ccccc3B3c4cc5c(cc4N(c4ccccc4)c4cc(-n6c7c8ccccc8ccc7c7ccc8ccccc8c76)cc2c43)N(c2ccccc2)c2cc(-n3c4c6ccccc6ccc4c4ccc6ccccc6c43)cc3c2B5c2ccccc2N3c2ccccc2)cc1. The average Bonchev–Trinajstić information content (AvgIpc) is 0.761. The van der Waals surface area contributed by atoms with Crippen molar-refractivity contribution >= 4 is 201 Å². The number of para-hydroxylation sites is 6. The third kappa shape index (κ3) is 7.64. The summed E-state index contributed by atoms with van der Waals surface area (Å²) in [4.78, 5) is 10.4. The second kappa shape index (κ2) is 21.1. The second-order valence-electron chi connectivity index (χ2n) is 27.8. The van der Waals surface area contributed by atoms with E-state index in [9.17, 15) is 0 Å². The highest BCUT2D eigenvalue weighted by atomic mass is 15.2. The first-order chi connectivity index (χ1) is 50.7. The van der Waals surface area contributed by atoms with Crippen LogP contribution in [0.1, 0.15) is 0 Å². The van der Waals surface area contributed by atoms with Gasteiger partial charge >= 0.3 is 0 Å². The summed E-state index contributed by atoms with van der Waals surface area (Å²) < 4.78 is 5.23. The molecule has 102 heavy (non-hydrogen) atoms. The summed E-state index contributed by atoms with van der Waals surface area (Å²) in [7, 11) is 0. The summed E-state index contributed by atoms with van der Waals surface area (Å²) in [6.45, 7) is -0.374. The molecule has 19 aromatic rings. The maximum absolute atomic E-state index is 2.66. The molecular formula is C94H58B2N6. The molecule has 4 aliphatic rings. The summed E-state index contributed by atoms with van der Waals surface area (Å²) in [5.74, 6) is 0. The number of benzene rings is 17. The number of fused-ring (bicyclic) bond motifs is 22. The van der Waals surface area contributed by atoms with Crippen LogP contribution in [0.15, 0.2) is 352 Å². The maximum Gasteiger partial charge on any atom is 0.252 e. The van der Waals surface area contributed by atoms with Gasteiger partial charge in [-0.3, -0.25) is 0 Å². The van der Waals surface area contributed by atoms with E-state index >= 15 is 0 Å². The normalized spacial score (nSPS) is 13.4. The van der Waals surface area contributed by atoms with Gasteiger partial charge in [0.1, 0.15) is 0 Å². The Hall–Kier alpha value is -13.3. The monoisotopic (exact) mass is 1290 g/mol. The zero-order valence-corrected chi connectivity index (χ0v) is 55.3. The third-order valence-electron chi connectivity index (χ3n) is 22.7. The summed E-state index contributed by atoms with van der Waals surface area (Å²) in [6, 6.07) is 133. The predicted molar refractivity (Wildman–Crippen MR) is 433 cm³/mol. The van der Waals surface area contributed by atoms with Gasteiger partial charge in [0, 0.05) is 111 Å². The Morgan fingerprint density at radius 2 is 0.431 bits per heavy atom. The van der Waals surface area contributed by atoms with E-state index in [4.69, 9.17) is 0 Å². The van der Waals surface area contributed by atoms with E-state index in [1.807, 2.05) is 0 Å². The van der Waals surface area contributed by atoms with Crippen molar-refractivity contribution < 1.29 is 0 Å². The number of hydrogen-bond donors (Lipinski definition) is 0. The van der Waals surface area contributed by atoms with Crippen LogP contribution in [0.25, 0.3) is 98.1 Å². The van der Waals surface area contributed by atoms with Gasteiger partial charge in [-0.2, -0.15) is 0 Å². The Kier molecular flexibility index (Phi) is 11.5. The van der Waals surface area contributed by atoms with Gasteiger partial charge in [0.15, 0.2) is 0 Å². The van der Waals surface area contributed by atoms with Crippen LogP contribution < -0.4 is 52.4 Å². The lowest BCUT2D eigenvalue weighted by Gasteiger charge is -2.47. The molecule has 0 unspecified atom stereocenters. The molecule has 6 nitrogen and oxygen atoms in total. The van der Waals surface area contributed by atoms with Crippen LogP contribution in [0, 0.1) is 0 Å². The molecule has 0 atom stereocenters. The van der Waals surface area contributed by atoms with Crippen LogP contribution in [0.3, 0.4) is 0 Å². The number of nitrogens with zero attached hydrogens (tertiary/aromatic N) is 6. The molecule has 4 aliphatic heterocycles. The van der Waals surface area contributed by atoms with E-state index in [-0.39, 0.29) is 13.4 Å². The Morgan fingerprint density at radius 3 is 0.745 bits per heavy atom. The van der Waals surface area contributed by atoms with Crippen molar-refractivity contribution in [1.29, 1.82) is 0 Å². The first-order valence-corrected chi connectivity index (χ1v) is 35.5. The van der Waals surface area contributed by atoms with Crippen molar-refractivity contribution in [1.82, 2.24) is 9.13 Å². The minimum Gasteiger partial charge on any atom is -0.311 e. The van der Waals surface area contributed by atoms with Crippen molar-refractivity contribution in [2.45, 2.75) is 0 Å². The summed E-state index contributed by atoms with van der Waals surface area (Å²) >= 11 is 0. The van der Waals surface area contributed by atoms with E-state index in [2.05, 4.69) is 381 Å². The maximum atomic E-state index is 2.66. The molecule has 6 heterocycles. The summed E-state index contributed by atoms with van der Waals surface area (Å²) in [5, 5.41) is 14.6. The smallest absolute Gasteiger partial charge is 0.252 e. The highest BCUT2D eigenvalue weighted by Crippen LogP contribution is 2.52. The predicted octanol–water partition coefficient (Wildman–Crippen LogP) is 20.7. The average molecular weight is 1290 g/mol. The first-order valence-electron chi connectivity index (χ1n) is 35.5. The fourth-order valence-corrected chi connectivity index (χ4v) is 18.6. The molecule has 0 bridgehead atoms. The molecule has 470 valence electrons. The van der Waals surface area contributed by atoms with Crippen LogP contribution in [0.5, 0.6) is 0 Å². The topological polar surface area (TPSA) is 22.8 Å². The van der Waals surface area contributed by atoms with E-state index in [0.29, 0.717) is 0 Å². The van der Waals surface area contributed by atoms with E-state index in [0.717, 1.165) is 79.6 Å². The van der Waals surface area contributed by atoms with E-state index in [1.165, 1.54) is 119 Å². The number of aromatic nitrogens is 2. The lowest BCUT2D eigenvalue weighted by molar-refractivity contribution is 1.16. The summed E-state index contributed by atoms with van der Waals surface area (Å²) in [6.07, 6.45) is 0. The molecule has 23 rings (SSSR count). The quantitative estimate of drug-likeness (QED) is 0.155. The number of rotatable bonds is 6. The van der Waals surface area contributed by atoms with Crippen molar-refractivity contribution in [2.75, 3.05) is 19.6 Å². The molecule has 0 N–H and O–H groups in total.